The van der Waals surface area contributed by atoms with Crippen molar-refractivity contribution >= 4 is 21.8 Å². The van der Waals surface area contributed by atoms with E-state index in [9.17, 15) is 0 Å². The third-order valence-corrected chi connectivity index (χ3v) is 10.6. The van der Waals surface area contributed by atoms with E-state index in [-0.39, 0.29) is 5.41 Å². The number of hydrogen-bond donors (Lipinski definition) is 0. The molecule has 246 valence electrons. The van der Waals surface area contributed by atoms with Crippen LogP contribution in [0.15, 0.2) is 170 Å². The normalized spacial score (nSPS) is 13.0. The van der Waals surface area contributed by atoms with Crippen LogP contribution in [0.4, 0.5) is 0 Å². The van der Waals surface area contributed by atoms with Crippen LogP contribution in [0.1, 0.15) is 25.0 Å². The number of benzene rings is 7. The quantitative estimate of drug-likeness (QED) is 0.184. The van der Waals surface area contributed by atoms with E-state index in [1.807, 2.05) is 36.4 Å². The lowest BCUT2D eigenvalue weighted by Crippen LogP contribution is -2.15. The number of aromatic nitrogens is 4. The Balaban J connectivity index is 1.26. The summed E-state index contributed by atoms with van der Waals surface area (Å²) in [5, 5.41) is 2.47. The molecule has 1 aliphatic carbocycles. The summed E-state index contributed by atoms with van der Waals surface area (Å²) in [5.74, 6) is 1.92. The first-order valence-electron chi connectivity index (χ1n) is 17.8. The molecular weight excluding hydrogens is 633 g/mol. The number of fused-ring (bicyclic) bond motifs is 6. The lowest BCUT2D eigenvalue weighted by molar-refractivity contribution is 0.661. The Morgan fingerprint density at radius 1 is 0.385 bits per heavy atom. The van der Waals surface area contributed by atoms with E-state index in [0.717, 1.165) is 39.0 Å². The van der Waals surface area contributed by atoms with Crippen molar-refractivity contribution in [3.63, 3.8) is 0 Å². The number of rotatable bonds is 5. The monoisotopic (exact) mass is 666 g/mol. The van der Waals surface area contributed by atoms with Gasteiger partial charge in [0.25, 0.3) is 0 Å². The van der Waals surface area contributed by atoms with Crippen molar-refractivity contribution in [2.75, 3.05) is 0 Å². The maximum absolute atomic E-state index is 5.14. The molecule has 0 atom stereocenters. The van der Waals surface area contributed by atoms with Crippen LogP contribution < -0.4 is 0 Å². The second kappa shape index (κ2) is 11.7. The highest BCUT2D eigenvalue weighted by molar-refractivity contribution is 6.11. The van der Waals surface area contributed by atoms with Gasteiger partial charge in [0, 0.05) is 38.6 Å². The molecule has 4 heteroatoms. The highest BCUT2D eigenvalue weighted by atomic mass is 15.0. The summed E-state index contributed by atoms with van der Waals surface area (Å²) >= 11 is 0. The fraction of sp³-hybridized carbons (Fsp3) is 0.0625. The second-order valence-corrected chi connectivity index (χ2v) is 14.1. The van der Waals surface area contributed by atoms with Crippen LogP contribution in [0, 0.1) is 0 Å². The molecule has 52 heavy (non-hydrogen) atoms. The molecule has 0 spiro atoms. The summed E-state index contributed by atoms with van der Waals surface area (Å²) in [6, 6.07) is 60.1. The van der Waals surface area contributed by atoms with Gasteiger partial charge in [0.05, 0.1) is 11.0 Å². The Labute approximate surface area is 302 Å². The Hall–Kier alpha value is -6.65. The van der Waals surface area contributed by atoms with Crippen LogP contribution in [0.25, 0.3) is 83.9 Å². The minimum absolute atomic E-state index is 0.120. The Morgan fingerprint density at radius 2 is 0.923 bits per heavy atom. The van der Waals surface area contributed by atoms with Gasteiger partial charge >= 0.3 is 0 Å². The molecule has 0 N–H and O–H groups in total. The third-order valence-electron chi connectivity index (χ3n) is 10.6. The lowest BCUT2D eigenvalue weighted by atomic mass is 9.82. The van der Waals surface area contributed by atoms with Crippen LogP contribution in [0.5, 0.6) is 0 Å². The van der Waals surface area contributed by atoms with Crippen molar-refractivity contribution in [1.82, 2.24) is 19.5 Å². The molecule has 0 amide bonds. The van der Waals surface area contributed by atoms with Gasteiger partial charge in [-0.2, -0.15) is 0 Å². The molecule has 10 rings (SSSR count). The molecule has 4 nitrogen and oxygen atoms in total. The molecule has 9 aromatic rings. The standard InChI is InChI=1S/C48H34N4/c1-48(2)41-24-14-12-22-37(41)39-29-40-38-23-13-15-25-43(38)52(44(40)30-42(39)48)36-27-34(31-16-6-3-7-17-31)26-35(28-36)47-50-45(32-18-8-4-9-19-32)49-46(51-47)33-20-10-5-11-21-33/h3-30H,1-2H3. The summed E-state index contributed by atoms with van der Waals surface area (Å²) in [4.78, 5) is 15.2. The predicted octanol–water partition coefficient (Wildman–Crippen LogP) is 11.9. The van der Waals surface area contributed by atoms with E-state index in [2.05, 4.69) is 152 Å². The van der Waals surface area contributed by atoms with E-state index < -0.39 is 0 Å². The van der Waals surface area contributed by atoms with Gasteiger partial charge in [-0.05, 0) is 69.8 Å². The van der Waals surface area contributed by atoms with E-state index in [1.165, 1.54) is 38.5 Å². The zero-order valence-electron chi connectivity index (χ0n) is 29.0. The summed E-state index contributed by atoms with van der Waals surface area (Å²) in [6.07, 6.45) is 0. The maximum atomic E-state index is 5.14. The van der Waals surface area contributed by atoms with Crippen LogP contribution in [0.3, 0.4) is 0 Å². The summed E-state index contributed by atoms with van der Waals surface area (Å²) in [5.41, 5.74) is 13.7. The molecule has 0 fully saturated rings. The van der Waals surface area contributed by atoms with Gasteiger partial charge in [0.15, 0.2) is 17.5 Å². The van der Waals surface area contributed by atoms with Crippen molar-refractivity contribution in [3.8, 4) is 62.1 Å². The molecule has 0 aliphatic heterocycles. The van der Waals surface area contributed by atoms with E-state index in [4.69, 9.17) is 15.0 Å². The van der Waals surface area contributed by atoms with Crippen molar-refractivity contribution in [1.29, 1.82) is 0 Å². The predicted molar refractivity (Wildman–Crippen MR) is 213 cm³/mol. The first kappa shape index (κ1) is 30.2. The number of hydrogen-bond acceptors (Lipinski definition) is 3. The van der Waals surface area contributed by atoms with Gasteiger partial charge in [-0.3, -0.25) is 0 Å². The van der Waals surface area contributed by atoms with E-state index >= 15 is 0 Å². The van der Waals surface area contributed by atoms with Gasteiger partial charge in [-0.15, -0.1) is 0 Å². The third kappa shape index (κ3) is 4.79. The first-order chi connectivity index (χ1) is 25.5. The van der Waals surface area contributed by atoms with Crippen molar-refractivity contribution in [3.05, 3.63) is 181 Å². The minimum Gasteiger partial charge on any atom is -0.309 e. The molecule has 0 radical (unpaired) electrons. The number of nitrogens with zero attached hydrogens (tertiary/aromatic N) is 4. The smallest absolute Gasteiger partial charge is 0.164 e. The SMILES string of the molecule is CC1(C)c2ccccc2-c2cc3c4ccccc4n(-c4cc(-c5ccccc5)cc(-c5nc(-c6ccccc6)nc(-c6ccccc6)n5)c4)c3cc21. The molecule has 7 aromatic carbocycles. The maximum Gasteiger partial charge on any atom is 0.164 e. The molecule has 1 aliphatic rings. The van der Waals surface area contributed by atoms with Gasteiger partial charge in [-0.1, -0.05) is 147 Å². The van der Waals surface area contributed by atoms with Crippen molar-refractivity contribution in [2.24, 2.45) is 0 Å². The average molecular weight is 667 g/mol. The molecule has 0 saturated heterocycles. The van der Waals surface area contributed by atoms with Gasteiger partial charge < -0.3 is 4.57 Å². The average Bonchev–Trinajstić information content (AvgIpc) is 3.65. The molecule has 2 aromatic heterocycles. The highest BCUT2D eigenvalue weighted by Crippen LogP contribution is 2.51. The van der Waals surface area contributed by atoms with Crippen LogP contribution >= 0.6 is 0 Å². The van der Waals surface area contributed by atoms with Crippen LogP contribution in [-0.4, -0.2) is 19.5 Å². The van der Waals surface area contributed by atoms with E-state index in [1.54, 1.807) is 0 Å². The Bertz CT molecular complexity index is 2740. The summed E-state index contributed by atoms with van der Waals surface area (Å²) in [6.45, 7) is 4.69. The molecule has 0 unspecified atom stereocenters. The molecular formula is C48H34N4. The second-order valence-electron chi connectivity index (χ2n) is 14.1. The fourth-order valence-electron chi connectivity index (χ4n) is 8.05. The van der Waals surface area contributed by atoms with Crippen LogP contribution in [0.2, 0.25) is 0 Å². The lowest BCUT2D eigenvalue weighted by Gasteiger charge is -2.22. The Kier molecular flexibility index (Phi) is 6.80. The zero-order chi connectivity index (χ0) is 34.8. The van der Waals surface area contributed by atoms with Gasteiger partial charge in [0.2, 0.25) is 0 Å². The topological polar surface area (TPSA) is 43.6 Å². The summed E-state index contributed by atoms with van der Waals surface area (Å²) in [7, 11) is 0. The molecule has 0 saturated carbocycles. The van der Waals surface area contributed by atoms with Crippen LogP contribution in [-0.2, 0) is 5.41 Å². The molecule has 2 heterocycles. The van der Waals surface area contributed by atoms with E-state index in [0.29, 0.717) is 17.5 Å². The largest absolute Gasteiger partial charge is 0.309 e. The first-order valence-corrected chi connectivity index (χ1v) is 17.8. The Morgan fingerprint density at radius 3 is 1.60 bits per heavy atom. The highest BCUT2D eigenvalue weighted by Gasteiger charge is 2.36. The minimum atomic E-state index is -0.120. The summed E-state index contributed by atoms with van der Waals surface area (Å²) < 4.78 is 2.43. The number of para-hydroxylation sites is 1. The fourth-order valence-corrected chi connectivity index (χ4v) is 8.05. The van der Waals surface area contributed by atoms with Gasteiger partial charge in [0.1, 0.15) is 0 Å². The van der Waals surface area contributed by atoms with Gasteiger partial charge in [-0.25, -0.2) is 15.0 Å². The molecule has 0 bridgehead atoms. The zero-order valence-corrected chi connectivity index (χ0v) is 29.0. The van der Waals surface area contributed by atoms with Crippen molar-refractivity contribution < 1.29 is 0 Å². The van der Waals surface area contributed by atoms with Crippen molar-refractivity contribution in [2.45, 2.75) is 19.3 Å².